The van der Waals surface area contributed by atoms with Crippen molar-refractivity contribution < 1.29 is 24.2 Å². The maximum atomic E-state index is 13.4. The molecular formula is C24H22ClNO5. The average Bonchev–Trinajstić information content (AvgIpc) is 3.02. The van der Waals surface area contributed by atoms with E-state index in [1.54, 1.807) is 45.0 Å². The Morgan fingerprint density at radius 3 is 2.55 bits per heavy atom. The molecule has 0 saturated carbocycles. The molecule has 0 unspecified atom stereocenters. The minimum Gasteiger partial charge on any atom is -0.503 e. The molecule has 0 aromatic heterocycles. The van der Waals surface area contributed by atoms with Crippen LogP contribution >= 0.6 is 11.6 Å². The van der Waals surface area contributed by atoms with E-state index in [1.165, 1.54) is 0 Å². The molecular weight excluding hydrogens is 418 g/mol. The predicted molar refractivity (Wildman–Crippen MR) is 117 cm³/mol. The summed E-state index contributed by atoms with van der Waals surface area (Å²) in [5.74, 6) is -1.41. The van der Waals surface area contributed by atoms with Gasteiger partial charge in [0, 0.05) is 28.3 Å². The zero-order valence-electron chi connectivity index (χ0n) is 17.4. The lowest BCUT2D eigenvalue weighted by Crippen LogP contribution is -2.29. The fourth-order valence-corrected chi connectivity index (χ4v) is 4.39. The van der Waals surface area contributed by atoms with Gasteiger partial charge in [-0.1, -0.05) is 35.9 Å². The summed E-state index contributed by atoms with van der Waals surface area (Å²) < 4.78 is 10.8. The Bertz CT molecular complexity index is 1160. The first kappa shape index (κ1) is 21.0. The quantitative estimate of drug-likeness (QED) is 0.663. The fourth-order valence-electron chi connectivity index (χ4n) is 4.17. The van der Waals surface area contributed by atoms with Gasteiger partial charge in [-0.2, -0.15) is 0 Å². The van der Waals surface area contributed by atoms with Gasteiger partial charge in [0.1, 0.15) is 0 Å². The van der Waals surface area contributed by atoms with Crippen LogP contribution in [0.1, 0.15) is 48.2 Å². The van der Waals surface area contributed by atoms with E-state index in [0.717, 1.165) is 5.56 Å². The van der Waals surface area contributed by atoms with Gasteiger partial charge in [-0.25, -0.2) is 4.79 Å². The molecule has 2 aromatic rings. The lowest BCUT2D eigenvalue weighted by molar-refractivity contribution is -0.138. The van der Waals surface area contributed by atoms with Crippen LogP contribution < -0.4 is 10.1 Å². The summed E-state index contributed by atoms with van der Waals surface area (Å²) in [7, 11) is 0. The summed E-state index contributed by atoms with van der Waals surface area (Å²) in [6.45, 7) is 5.81. The van der Waals surface area contributed by atoms with Gasteiger partial charge in [0.05, 0.1) is 29.5 Å². The molecule has 1 heterocycles. The third kappa shape index (κ3) is 3.37. The number of ketones is 1. The number of esters is 1. The Morgan fingerprint density at radius 1 is 1.16 bits per heavy atom. The van der Waals surface area contributed by atoms with Crippen LogP contribution in [0.2, 0.25) is 5.02 Å². The third-order valence-corrected chi connectivity index (χ3v) is 5.72. The van der Waals surface area contributed by atoms with Gasteiger partial charge in [-0.15, -0.1) is 0 Å². The van der Waals surface area contributed by atoms with E-state index >= 15 is 0 Å². The van der Waals surface area contributed by atoms with E-state index in [0.29, 0.717) is 40.3 Å². The summed E-state index contributed by atoms with van der Waals surface area (Å²) in [5, 5.41) is 13.6. The molecule has 160 valence electrons. The molecule has 1 atom stereocenters. The SMILES string of the molecule is CCOC(=O)C1=C(C)NC2=C(C(=O)c3ccccc32)[C@H]1c1cc(Cl)c(O)c(OCC)c1. The Hall–Kier alpha value is -3.25. The van der Waals surface area contributed by atoms with Crippen molar-refractivity contribution in [2.75, 3.05) is 13.2 Å². The average molecular weight is 440 g/mol. The molecule has 2 aliphatic rings. The number of aromatic hydroxyl groups is 1. The Balaban J connectivity index is 1.96. The van der Waals surface area contributed by atoms with Crippen molar-refractivity contribution in [1.29, 1.82) is 0 Å². The van der Waals surface area contributed by atoms with E-state index in [9.17, 15) is 14.7 Å². The van der Waals surface area contributed by atoms with Crippen LogP contribution in [-0.4, -0.2) is 30.1 Å². The lowest BCUT2D eigenvalue weighted by atomic mass is 9.79. The Morgan fingerprint density at radius 2 is 1.87 bits per heavy atom. The van der Waals surface area contributed by atoms with Crippen LogP contribution in [-0.2, 0) is 9.53 Å². The van der Waals surface area contributed by atoms with Crippen LogP contribution in [0.4, 0.5) is 0 Å². The van der Waals surface area contributed by atoms with E-state index in [2.05, 4.69) is 5.32 Å². The number of hydrogen-bond acceptors (Lipinski definition) is 6. The molecule has 0 bridgehead atoms. The van der Waals surface area contributed by atoms with E-state index < -0.39 is 11.9 Å². The number of hydrogen-bond donors (Lipinski definition) is 2. The summed E-state index contributed by atoms with van der Waals surface area (Å²) in [6.07, 6.45) is 0. The lowest BCUT2D eigenvalue weighted by Gasteiger charge is -2.29. The van der Waals surface area contributed by atoms with Crippen LogP contribution in [0.3, 0.4) is 0 Å². The predicted octanol–water partition coefficient (Wildman–Crippen LogP) is 4.58. The van der Waals surface area contributed by atoms with Crippen molar-refractivity contribution in [2.24, 2.45) is 0 Å². The first-order chi connectivity index (χ1) is 14.9. The van der Waals surface area contributed by atoms with Crippen molar-refractivity contribution in [3.63, 3.8) is 0 Å². The summed E-state index contributed by atoms with van der Waals surface area (Å²) in [4.78, 5) is 26.4. The number of nitrogens with one attached hydrogen (secondary N) is 1. The van der Waals surface area contributed by atoms with Crippen LogP contribution in [0.25, 0.3) is 5.70 Å². The molecule has 0 amide bonds. The molecule has 2 N–H and O–H groups in total. The molecule has 2 aromatic carbocycles. The molecule has 1 aliphatic heterocycles. The number of phenolic OH excluding ortho intramolecular Hbond substituents is 1. The first-order valence-corrected chi connectivity index (χ1v) is 10.4. The second kappa shape index (κ2) is 8.12. The third-order valence-electron chi connectivity index (χ3n) is 5.43. The Labute approximate surface area is 185 Å². The van der Waals surface area contributed by atoms with E-state index in [1.807, 2.05) is 12.1 Å². The minimum absolute atomic E-state index is 0.0745. The normalized spacial score (nSPS) is 17.3. The zero-order chi connectivity index (χ0) is 22.3. The van der Waals surface area contributed by atoms with Gasteiger partial charge in [-0.05, 0) is 38.5 Å². The van der Waals surface area contributed by atoms with Gasteiger partial charge in [0.2, 0.25) is 0 Å². The van der Waals surface area contributed by atoms with Crippen LogP contribution in [0.15, 0.2) is 53.2 Å². The highest BCUT2D eigenvalue weighted by Crippen LogP contribution is 2.49. The molecule has 4 rings (SSSR count). The molecule has 7 heteroatoms. The molecule has 0 saturated heterocycles. The second-order valence-corrected chi connectivity index (χ2v) is 7.67. The second-order valence-electron chi connectivity index (χ2n) is 7.26. The molecule has 0 spiro atoms. The highest BCUT2D eigenvalue weighted by atomic mass is 35.5. The summed E-state index contributed by atoms with van der Waals surface area (Å²) in [5.41, 5.74) is 3.93. The van der Waals surface area contributed by atoms with Crippen molar-refractivity contribution in [3.05, 3.63) is 75.0 Å². The van der Waals surface area contributed by atoms with Gasteiger partial charge in [0.15, 0.2) is 17.3 Å². The summed E-state index contributed by atoms with van der Waals surface area (Å²) in [6, 6.07) is 10.5. The van der Waals surface area contributed by atoms with Crippen molar-refractivity contribution in [3.8, 4) is 11.5 Å². The number of phenols is 1. The topological polar surface area (TPSA) is 84.9 Å². The maximum absolute atomic E-state index is 13.4. The number of rotatable bonds is 5. The van der Waals surface area contributed by atoms with Gasteiger partial charge < -0.3 is 19.9 Å². The number of halogens is 1. The van der Waals surface area contributed by atoms with E-state index in [-0.39, 0.29) is 28.9 Å². The minimum atomic E-state index is -0.729. The molecule has 0 fully saturated rings. The Kier molecular flexibility index (Phi) is 5.50. The van der Waals surface area contributed by atoms with Crippen molar-refractivity contribution >= 4 is 29.1 Å². The van der Waals surface area contributed by atoms with Gasteiger partial charge in [0.25, 0.3) is 0 Å². The molecule has 1 aliphatic carbocycles. The largest absolute Gasteiger partial charge is 0.503 e. The highest BCUT2D eigenvalue weighted by Gasteiger charge is 2.43. The number of carbonyl (C=O) groups is 2. The van der Waals surface area contributed by atoms with Crippen molar-refractivity contribution in [1.82, 2.24) is 5.32 Å². The number of benzene rings is 2. The van der Waals surface area contributed by atoms with Gasteiger partial charge >= 0.3 is 5.97 Å². The summed E-state index contributed by atoms with van der Waals surface area (Å²) >= 11 is 6.29. The number of ether oxygens (including phenoxy) is 2. The highest BCUT2D eigenvalue weighted by molar-refractivity contribution is 6.32. The number of fused-ring (bicyclic) bond motifs is 2. The maximum Gasteiger partial charge on any atom is 0.336 e. The number of dihydropyridines is 1. The number of Topliss-reactive ketones (excluding diaryl/α,β-unsaturated/α-hetero) is 1. The molecule has 31 heavy (non-hydrogen) atoms. The number of carbonyl (C=O) groups excluding carboxylic acids is 2. The smallest absolute Gasteiger partial charge is 0.336 e. The van der Waals surface area contributed by atoms with Crippen LogP contribution in [0, 0.1) is 0 Å². The first-order valence-electron chi connectivity index (χ1n) is 10.1. The van der Waals surface area contributed by atoms with E-state index in [4.69, 9.17) is 21.1 Å². The standard InChI is InChI=1S/C24H22ClNO5/c1-4-30-17-11-13(10-16(25)23(17)28)19-18(24(29)31-5-2)12(3)26-21-14-8-6-7-9-15(14)22(27)20(19)21/h6-11,19,26,28H,4-5H2,1-3H3/t19-/m0/s1. The van der Waals surface area contributed by atoms with Crippen LogP contribution in [0.5, 0.6) is 11.5 Å². The fraction of sp³-hybridized carbons (Fsp3) is 0.250. The molecule has 0 radical (unpaired) electrons. The molecule has 6 nitrogen and oxygen atoms in total. The zero-order valence-corrected chi connectivity index (χ0v) is 18.2. The van der Waals surface area contributed by atoms with Crippen molar-refractivity contribution in [2.45, 2.75) is 26.7 Å². The number of allylic oxidation sites excluding steroid dienone is 2. The monoisotopic (exact) mass is 439 g/mol. The van der Waals surface area contributed by atoms with Gasteiger partial charge in [-0.3, -0.25) is 4.79 Å².